The summed E-state index contributed by atoms with van der Waals surface area (Å²) >= 11 is 0. The third-order valence-corrected chi connectivity index (χ3v) is 6.59. The number of aliphatic hydroxyl groups excluding tert-OH is 1. The van der Waals surface area contributed by atoms with Crippen molar-refractivity contribution in [3.63, 3.8) is 0 Å². The van der Waals surface area contributed by atoms with Gasteiger partial charge in [0, 0.05) is 19.5 Å². The zero-order valence-corrected chi connectivity index (χ0v) is 20.4. The van der Waals surface area contributed by atoms with Crippen LogP contribution in [0, 0.1) is 5.82 Å². The second-order valence-electron chi connectivity index (χ2n) is 9.15. The van der Waals surface area contributed by atoms with Gasteiger partial charge < -0.3 is 20.5 Å². The highest BCUT2D eigenvalue weighted by Crippen LogP contribution is 2.33. The fourth-order valence-electron chi connectivity index (χ4n) is 4.67. The van der Waals surface area contributed by atoms with E-state index in [1.165, 1.54) is 12.1 Å². The summed E-state index contributed by atoms with van der Waals surface area (Å²) in [6.07, 6.45) is -0.331. The molecule has 2 atom stereocenters. The van der Waals surface area contributed by atoms with Crippen LogP contribution in [0.5, 0.6) is 5.75 Å². The van der Waals surface area contributed by atoms with E-state index in [4.69, 9.17) is 4.74 Å². The maximum Gasteiger partial charge on any atom is 0.254 e. The van der Waals surface area contributed by atoms with Gasteiger partial charge in [0.2, 0.25) is 0 Å². The summed E-state index contributed by atoms with van der Waals surface area (Å²) in [6.45, 7) is 1.84. The molecule has 0 bridgehead atoms. The number of ether oxygens (including phenoxy) is 1. The Kier molecular flexibility index (Phi) is 7.59. The molecule has 4 aromatic carbocycles. The quantitative estimate of drug-likeness (QED) is 0.284. The first-order valence-corrected chi connectivity index (χ1v) is 12.4. The number of rotatable bonds is 9. The first-order chi connectivity index (χ1) is 18.1. The van der Waals surface area contributed by atoms with Crippen molar-refractivity contribution in [3.05, 3.63) is 125 Å². The molecule has 1 aliphatic rings. The monoisotopic (exact) mass is 496 g/mol. The predicted octanol–water partition coefficient (Wildman–Crippen LogP) is 5.05. The van der Waals surface area contributed by atoms with Crippen molar-refractivity contribution in [2.45, 2.75) is 25.1 Å². The molecule has 4 aromatic rings. The van der Waals surface area contributed by atoms with Gasteiger partial charge in [-0.25, -0.2) is 4.39 Å². The zero-order chi connectivity index (χ0) is 25.6. The van der Waals surface area contributed by atoms with Gasteiger partial charge in [-0.3, -0.25) is 4.79 Å². The number of aliphatic hydroxyl groups is 1. The molecule has 0 heterocycles. The van der Waals surface area contributed by atoms with E-state index in [2.05, 4.69) is 10.6 Å². The molecule has 5 nitrogen and oxygen atoms in total. The van der Waals surface area contributed by atoms with Crippen LogP contribution < -0.4 is 15.4 Å². The van der Waals surface area contributed by atoms with Gasteiger partial charge in [-0.1, -0.05) is 72.8 Å². The summed E-state index contributed by atoms with van der Waals surface area (Å²) in [6, 6.07) is 29.1. The van der Waals surface area contributed by atoms with E-state index in [1.807, 2.05) is 78.9 Å². The van der Waals surface area contributed by atoms with Crippen molar-refractivity contribution < 1.29 is 19.0 Å². The number of hydrogen-bond donors (Lipinski definition) is 3. The predicted molar refractivity (Wildman–Crippen MR) is 142 cm³/mol. The molecule has 0 aliphatic heterocycles. The van der Waals surface area contributed by atoms with Crippen LogP contribution in [0.4, 0.5) is 4.39 Å². The van der Waals surface area contributed by atoms with Gasteiger partial charge in [-0.05, 0) is 52.1 Å². The Bertz CT molecular complexity index is 1360. The second kappa shape index (κ2) is 11.4. The molecule has 0 spiro atoms. The largest absolute Gasteiger partial charge is 0.492 e. The standard InChI is InChI=1S/C31H29FN2O3/c32-28-18-23(22-7-3-1-4-8-22)13-14-26(28)31(36)34-30-27-17-21(11-12-24(27)19-29(30)35)20-33-15-16-37-25-9-5-2-6-10-25/h1-14,17-18,29-30,33,35H,15-16,19-20H2,(H,34,36)/t29-,30-/m1/s1. The zero-order valence-electron chi connectivity index (χ0n) is 20.4. The van der Waals surface area contributed by atoms with Crippen LogP contribution in [-0.4, -0.2) is 30.3 Å². The second-order valence-corrected chi connectivity index (χ2v) is 9.15. The van der Waals surface area contributed by atoms with Crippen molar-refractivity contribution in [2.75, 3.05) is 13.2 Å². The van der Waals surface area contributed by atoms with Gasteiger partial charge in [0.05, 0.1) is 17.7 Å². The highest BCUT2D eigenvalue weighted by molar-refractivity contribution is 5.95. The van der Waals surface area contributed by atoms with E-state index in [0.29, 0.717) is 31.7 Å². The van der Waals surface area contributed by atoms with Crippen molar-refractivity contribution in [3.8, 4) is 16.9 Å². The van der Waals surface area contributed by atoms with Crippen LogP contribution in [0.3, 0.4) is 0 Å². The molecule has 5 rings (SSSR count). The summed E-state index contributed by atoms with van der Waals surface area (Å²) in [4.78, 5) is 13.0. The van der Waals surface area contributed by atoms with Gasteiger partial charge in [-0.15, -0.1) is 0 Å². The Hall–Kier alpha value is -4.00. The lowest BCUT2D eigenvalue weighted by molar-refractivity contribution is 0.0854. The average molecular weight is 497 g/mol. The van der Waals surface area contributed by atoms with Crippen molar-refractivity contribution in [1.29, 1.82) is 0 Å². The number of nitrogens with one attached hydrogen (secondary N) is 2. The Morgan fingerprint density at radius 2 is 1.68 bits per heavy atom. The van der Waals surface area contributed by atoms with E-state index < -0.39 is 23.9 Å². The van der Waals surface area contributed by atoms with Gasteiger partial charge in [0.1, 0.15) is 18.2 Å². The van der Waals surface area contributed by atoms with E-state index in [9.17, 15) is 14.3 Å². The van der Waals surface area contributed by atoms with Crippen LogP contribution in [0.2, 0.25) is 0 Å². The van der Waals surface area contributed by atoms with Gasteiger partial charge in [-0.2, -0.15) is 0 Å². The third-order valence-electron chi connectivity index (χ3n) is 6.59. The number of halogens is 1. The Morgan fingerprint density at radius 3 is 2.43 bits per heavy atom. The lowest BCUT2D eigenvalue weighted by Crippen LogP contribution is -2.34. The number of hydrogen-bond acceptors (Lipinski definition) is 4. The smallest absolute Gasteiger partial charge is 0.254 e. The minimum atomic E-state index is -0.770. The van der Waals surface area contributed by atoms with Crippen molar-refractivity contribution in [1.82, 2.24) is 10.6 Å². The number of fused-ring (bicyclic) bond motifs is 1. The fourth-order valence-corrected chi connectivity index (χ4v) is 4.67. The third kappa shape index (κ3) is 5.88. The van der Waals surface area contributed by atoms with Crippen LogP contribution in [0.1, 0.15) is 33.1 Å². The summed E-state index contributed by atoms with van der Waals surface area (Å²) < 4.78 is 20.6. The Morgan fingerprint density at radius 1 is 0.919 bits per heavy atom. The van der Waals surface area contributed by atoms with Crippen LogP contribution in [0.25, 0.3) is 11.1 Å². The summed E-state index contributed by atoms with van der Waals surface area (Å²) in [5, 5.41) is 16.9. The topological polar surface area (TPSA) is 70.6 Å². The molecule has 0 fully saturated rings. The fraction of sp³-hybridized carbons (Fsp3) is 0.194. The average Bonchev–Trinajstić information content (AvgIpc) is 3.23. The molecule has 188 valence electrons. The number of benzene rings is 4. The molecule has 0 radical (unpaired) electrons. The van der Waals surface area contributed by atoms with Gasteiger partial charge in [0.25, 0.3) is 5.91 Å². The molecular weight excluding hydrogens is 467 g/mol. The molecule has 6 heteroatoms. The Labute approximate surface area is 215 Å². The van der Waals surface area contributed by atoms with Crippen LogP contribution in [-0.2, 0) is 13.0 Å². The van der Waals surface area contributed by atoms with Gasteiger partial charge in [0.15, 0.2) is 0 Å². The maximum atomic E-state index is 14.9. The molecule has 0 saturated heterocycles. The number of carbonyl (C=O) groups is 1. The van der Waals surface area contributed by atoms with Gasteiger partial charge >= 0.3 is 0 Å². The lowest BCUT2D eigenvalue weighted by atomic mass is 10.0. The molecule has 3 N–H and O–H groups in total. The lowest BCUT2D eigenvalue weighted by Gasteiger charge is -2.19. The first kappa shape index (κ1) is 24.7. The normalized spacial score (nSPS) is 16.3. The molecule has 1 aliphatic carbocycles. The van der Waals surface area contributed by atoms with Crippen LogP contribution in [0.15, 0.2) is 97.1 Å². The minimum absolute atomic E-state index is 0.0448. The molecular formula is C31H29FN2O3. The van der Waals surface area contributed by atoms with Crippen LogP contribution >= 0.6 is 0 Å². The highest BCUT2D eigenvalue weighted by atomic mass is 19.1. The summed E-state index contributed by atoms with van der Waals surface area (Å²) in [5.41, 5.74) is 4.41. The molecule has 0 unspecified atom stereocenters. The molecule has 0 saturated carbocycles. The Balaban J connectivity index is 1.21. The first-order valence-electron chi connectivity index (χ1n) is 12.4. The molecule has 37 heavy (non-hydrogen) atoms. The van der Waals surface area contributed by atoms with Crippen molar-refractivity contribution >= 4 is 5.91 Å². The number of para-hydroxylation sites is 1. The summed E-state index contributed by atoms with van der Waals surface area (Å²) in [5.74, 6) is -0.307. The molecule has 0 aromatic heterocycles. The van der Waals surface area contributed by atoms with E-state index >= 15 is 0 Å². The number of carbonyl (C=O) groups excluding carboxylic acids is 1. The maximum absolute atomic E-state index is 14.9. The summed E-state index contributed by atoms with van der Waals surface area (Å²) in [7, 11) is 0. The number of amides is 1. The van der Waals surface area contributed by atoms with E-state index in [-0.39, 0.29) is 5.56 Å². The molecule has 1 amide bonds. The SMILES string of the molecule is O=C(N[C@@H]1c2cc(CNCCOc3ccccc3)ccc2C[C@H]1O)c1ccc(-c2ccccc2)cc1F. The minimum Gasteiger partial charge on any atom is -0.492 e. The highest BCUT2D eigenvalue weighted by Gasteiger charge is 2.33. The van der Waals surface area contributed by atoms with E-state index in [1.54, 1.807) is 6.07 Å². The van der Waals surface area contributed by atoms with E-state index in [0.717, 1.165) is 28.0 Å². The van der Waals surface area contributed by atoms with Crippen molar-refractivity contribution in [2.24, 2.45) is 0 Å².